The van der Waals surface area contributed by atoms with Crippen LogP contribution in [0.2, 0.25) is 0 Å². The number of carbonyl (C=O) groups is 1. The molecule has 3 heterocycles. The van der Waals surface area contributed by atoms with Crippen molar-refractivity contribution in [2.75, 3.05) is 12.3 Å². The zero-order chi connectivity index (χ0) is 17.3. The maximum absolute atomic E-state index is 12.0. The van der Waals surface area contributed by atoms with Crippen LogP contribution in [0.5, 0.6) is 0 Å². The molecule has 24 heavy (non-hydrogen) atoms. The molecule has 0 unspecified atom stereocenters. The van der Waals surface area contributed by atoms with Crippen LogP contribution in [0.25, 0.3) is 11.2 Å². The molecule has 1 aliphatic rings. The average Bonchev–Trinajstić information content (AvgIpc) is 3.11. The Morgan fingerprint density at radius 1 is 1.42 bits per heavy atom. The first kappa shape index (κ1) is 16.5. The van der Waals surface area contributed by atoms with E-state index in [0.717, 1.165) is 0 Å². The van der Waals surface area contributed by atoms with Gasteiger partial charge in [-0.05, 0) is 6.42 Å². The maximum Gasteiger partial charge on any atom is 0.275 e. The number of anilines is 1. The molecule has 11 heteroatoms. The molecule has 0 aromatic carbocycles. The van der Waals surface area contributed by atoms with Gasteiger partial charge < -0.3 is 20.7 Å². The number of fused-ring (bicyclic) bond motifs is 1. The molecule has 0 saturated carbocycles. The van der Waals surface area contributed by atoms with Crippen molar-refractivity contribution in [1.82, 2.24) is 25.0 Å². The van der Waals surface area contributed by atoms with E-state index in [1.54, 1.807) is 0 Å². The minimum Gasteiger partial charge on any atom is -0.387 e. The van der Waals surface area contributed by atoms with E-state index in [-0.39, 0.29) is 5.82 Å². The molecule has 1 fully saturated rings. The van der Waals surface area contributed by atoms with Gasteiger partial charge in [-0.15, -0.1) is 0 Å². The Hall–Kier alpha value is -2.34. The van der Waals surface area contributed by atoms with Gasteiger partial charge in [0.05, 0.1) is 12.9 Å². The van der Waals surface area contributed by atoms with Gasteiger partial charge in [0.15, 0.2) is 23.8 Å². The van der Waals surface area contributed by atoms with E-state index in [2.05, 4.69) is 20.4 Å². The highest BCUT2D eigenvalue weighted by Crippen LogP contribution is 2.32. The highest BCUT2D eigenvalue weighted by molar-refractivity contribution is 5.82. The number of carbonyl (C=O) groups excluding carboxylic acids is 1. The number of imidazole rings is 1. The quantitative estimate of drug-likeness (QED) is 0.375. The first-order chi connectivity index (χ1) is 11.5. The van der Waals surface area contributed by atoms with Gasteiger partial charge in [0, 0.05) is 0 Å². The molecule has 0 spiro atoms. The van der Waals surface area contributed by atoms with E-state index >= 15 is 0 Å². The van der Waals surface area contributed by atoms with Crippen molar-refractivity contribution in [1.29, 1.82) is 0 Å². The molecule has 130 valence electrons. The molecule has 2 aromatic heterocycles. The molecular formula is C13H18N6O5. The molecule has 0 bridgehead atoms. The number of nitrogens with zero attached hydrogens (tertiary/aromatic N) is 4. The topological polar surface area (TPSA) is 158 Å². The predicted octanol–water partition coefficient (Wildman–Crippen LogP) is -1.51. The van der Waals surface area contributed by atoms with E-state index < -0.39 is 30.4 Å². The van der Waals surface area contributed by atoms with Crippen LogP contribution in [-0.4, -0.2) is 60.6 Å². The highest BCUT2D eigenvalue weighted by Gasteiger charge is 2.48. The van der Waals surface area contributed by atoms with Crippen LogP contribution in [-0.2, 0) is 14.4 Å². The lowest BCUT2D eigenvalue weighted by molar-refractivity contribution is -0.150. The summed E-state index contributed by atoms with van der Waals surface area (Å²) in [4.78, 5) is 28.9. The van der Waals surface area contributed by atoms with Crippen LogP contribution in [0.15, 0.2) is 12.7 Å². The highest BCUT2D eigenvalue weighted by atomic mass is 16.7. The Morgan fingerprint density at radius 2 is 2.21 bits per heavy atom. The van der Waals surface area contributed by atoms with Gasteiger partial charge in [-0.1, -0.05) is 6.92 Å². The van der Waals surface area contributed by atoms with Crippen LogP contribution in [0, 0.1) is 0 Å². The third-order valence-corrected chi connectivity index (χ3v) is 3.64. The average molecular weight is 338 g/mol. The van der Waals surface area contributed by atoms with Crippen molar-refractivity contribution in [3.63, 3.8) is 0 Å². The smallest absolute Gasteiger partial charge is 0.275 e. The molecule has 0 aliphatic carbocycles. The number of hydrogen-bond donors (Lipinski definition) is 4. The van der Waals surface area contributed by atoms with Crippen molar-refractivity contribution in [3.8, 4) is 0 Å². The number of rotatable bonds is 5. The van der Waals surface area contributed by atoms with Crippen LogP contribution >= 0.6 is 0 Å². The lowest BCUT2D eigenvalue weighted by atomic mass is 10.1. The Labute approximate surface area is 136 Å². The molecule has 4 atom stereocenters. The molecule has 5 N–H and O–H groups in total. The number of ether oxygens (including phenoxy) is 1. The van der Waals surface area contributed by atoms with Gasteiger partial charge in [-0.3, -0.25) is 14.2 Å². The zero-order valence-electron chi connectivity index (χ0n) is 12.9. The lowest BCUT2D eigenvalue weighted by Crippen LogP contribution is -2.42. The van der Waals surface area contributed by atoms with Gasteiger partial charge in [0.2, 0.25) is 0 Å². The summed E-state index contributed by atoms with van der Waals surface area (Å²) in [5.74, 6) is -0.509. The van der Waals surface area contributed by atoms with Gasteiger partial charge in [0.1, 0.15) is 24.1 Å². The largest absolute Gasteiger partial charge is 0.387 e. The number of nitrogens with one attached hydrogen (secondary N) is 1. The number of aliphatic hydroxyl groups excluding tert-OH is 2. The minimum absolute atomic E-state index is 0.175. The van der Waals surface area contributed by atoms with Crippen molar-refractivity contribution < 1.29 is 24.6 Å². The first-order valence-electron chi connectivity index (χ1n) is 7.40. The molecule has 1 saturated heterocycles. The Morgan fingerprint density at radius 3 is 2.96 bits per heavy atom. The molecule has 0 radical (unpaired) electrons. The Kier molecular flexibility index (Phi) is 4.57. The Balaban J connectivity index is 1.81. The number of hydrogen-bond acceptors (Lipinski definition) is 9. The van der Waals surface area contributed by atoms with Gasteiger partial charge in [-0.25, -0.2) is 20.4 Å². The third-order valence-electron chi connectivity index (χ3n) is 3.64. The molecule has 11 nitrogen and oxygen atoms in total. The molecule has 1 aliphatic heterocycles. The second kappa shape index (κ2) is 6.65. The van der Waals surface area contributed by atoms with Gasteiger partial charge >= 0.3 is 0 Å². The van der Waals surface area contributed by atoms with E-state index in [1.165, 1.54) is 17.2 Å². The second-order valence-electron chi connectivity index (χ2n) is 5.33. The Bertz CT molecular complexity index is 737. The molecule has 2 aromatic rings. The van der Waals surface area contributed by atoms with Gasteiger partial charge in [-0.2, -0.15) is 0 Å². The SMILES string of the molecule is CCCONC(=O)[C@H]1O[C@@H](n2cnc3c(N)ncnc32)[C@H](O)[C@@H]1O. The van der Waals surface area contributed by atoms with Crippen LogP contribution < -0.4 is 11.2 Å². The summed E-state index contributed by atoms with van der Waals surface area (Å²) < 4.78 is 6.89. The summed E-state index contributed by atoms with van der Waals surface area (Å²) >= 11 is 0. The number of nitrogens with two attached hydrogens (primary N) is 1. The second-order valence-corrected chi connectivity index (χ2v) is 5.33. The minimum atomic E-state index is -1.43. The summed E-state index contributed by atoms with van der Waals surface area (Å²) in [5.41, 5.74) is 8.55. The van der Waals surface area contributed by atoms with Crippen LogP contribution in [0.3, 0.4) is 0 Å². The van der Waals surface area contributed by atoms with E-state index in [1.807, 2.05) is 6.92 Å². The summed E-state index contributed by atoms with van der Waals surface area (Å²) in [6, 6.07) is 0. The van der Waals surface area contributed by atoms with Crippen molar-refractivity contribution in [3.05, 3.63) is 12.7 Å². The fourth-order valence-electron chi connectivity index (χ4n) is 2.44. The summed E-state index contributed by atoms with van der Waals surface area (Å²) in [5, 5.41) is 20.3. The zero-order valence-corrected chi connectivity index (χ0v) is 12.9. The molecular weight excluding hydrogens is 320 g/mol. The van der Waals surface area contributed by atoms with Crippen LogP contribution in [0.1, 0.15) is 19.6 Å². The number of aromatic nitrogens is 4. The number of amides is 1. The fraction of sp³-hybridized carbons (Fsp3) is 0.538. The van der Waals surface area contributed by atoms with Crippen molar-refractivity contribution >= 4 is 22.9 Å². The lowest BCUT2D eigenvalue weighted by Gasteiger charge is -2.16. The normalized spacial score (nSPS) is 26.8. The summed E-state index contributed by atoms with van der Waals surface area (Å²) in [6.45, 7) is 2.20. The first-order valence-corrected chi connectivity index (χ1v) is 7.40. The molecule has 3 rings (SSSR count). The predicted molar refractivity (Wildman–Crippen MR) is 80.0 cm³/mol. The van der Waals surface area contributed by atoms with E-state index in [0.29, 0.717) is 24.2 Å². The van der Waals surface area contributed by atoms with E-state index in [9.17, 15) is 15.0 Å². The van der Waals surface area contributed by atoms with Gasteiger partial charge in [0.25, 0.3) is 5.91 Å². The van der Waals surface area contributed by atoms with Crippen molar-refractivity contribution in [2.24, 2.45) is 0 Å². The summed E-state index contributed by atoms with van der Waals surface area (Å²) in [7, 11) is 0. The third kappa shape index (κ3) is 2.78. The monoisotopic (exact) mass is 338 g/mol. The van der Waals surface area contributed by atoms with Crippen LogP contribution in [0.4, 0.5) is 5.82 Å². The standard InChI is InChI=1S/C13H18N6O5/c1-2-3-23-18-12(22)9-7(20)8(21)13(24-9)19-5-17-6-10(14)15-4-16-11(6)19/h4-5,7-9,13,20-21H,2-3H2,1H3,(H,18,22)(H2,14,15,16)/t7-,8+,9-,13+/m0/s1. The number of hydroxylamine groups is 1. The molecule has 1 amide bonds. The van der Waals surface area contributed by atoms with Crippen molar-refractivity contribution in [2.45, 2.75) is 37.9 Å². The number of aliphatic hydroxyl groups is 2. The maximum atomic E-state index is 12.0. The summed E-state index contributed by atoms with van der Waals surface area (Å²) in [6.07, 6.45) is -1.83. The van der Waals surface area contributed by atoms with E-state index in [4.69, 9.17) is 15.3 Å². The number of nitrogen functional groups attached to an aromatic ring is 1. The fourth-order valence-corrected chi connectivity index (χ4v) is 2.44.